The lowest BCUT2D eigenvalue weighted by molar-refractivity contribution is 0.549. The van der Waals surface area contributed by atoms with E-state index in [-0.39, 0.29) is 11.9 Å². The van der Waals surface area contributed by atoms with E-state index < -0.39 is 0 Å². The maximum atomic E-state index is 13.9. The van der Waals surface area contributed by atoms with Crippen LogP contribution in [0.5, 0.6) is 0 Å². The van der Waals surface area contributed by atoms with E-state index >= 15 is 0 Å². The van der Waals surface area contributed by atoms with E-state index in [4.69, 9.17) is 0 Å². The number of benzene rings is 1. The summed E-state index contributed by atoms with van der Waals surface area (Å²) >= 11 is 0. The van der Waals surface area contributed by atoms with Gasteiger partial charge in [-0.05, 0) is 26.0 Å². The molecule has 2 heteroatoms. The van der Waals surface area contributed by atoms with Crippen LogP contribution in [0.4, 0.5) is 4.39 Å². The van der Waals surface area contributed by atoms with E-state index in [9.17, 15) is 4.39 Å². The Labute approximate surface area is 85.3 Å². The van der Waals surface area contributed by atoms with Gasteiger partial charge in [-0.1, -0.05) is 31.5 Å². The number of aryl methyl sites for hydroxylation is 1. The van der Waals surface area contributed by atoms with E-state index in [1.54, 1.807) is 0 Å². The molecule has 14 heavy (non-hydrogen) atoms. The highest BCUT2D eigenvalue weighted by molar-refractivity contribution is 5.28. The van der Waals surface area contributed by atoms with E-state index in [1.165, 1.54) is 0 Å². The molecule has 0 fully saturated rings. The fraction of sp³-hybridized carbons (Fsp3) is 0.500. The van der Waals surface area contributed by atoms with Gasteiger partial charge < -0.3 is 5.32 Å². The van der Waals surface area contributed by atoms with Crippen LogP contribution in [-0.2, 0) is 6.42 Å². The zero-order chi connectivity index (χ0) is 10.6. The maximum Gasteiger partial charge on any atom is 0.131 e. The monoisotopic (exact) mass is 195 g/mol. The third-order valence-electron chi connectivity index (χ3n) is 2.53. The summed E-state index contributed by atoms with van der Waals surface area (Å²) in [5.41, 5.74) is 1.59. The van der Waals surface area contributed by atoms with Gasteiger partial charge in [0.1, 0.15) is 5.82 Å². The van der Waals surface area contributed by atoms with Crippen molar-refractivity contribution in [2.45, 2.75) is 32.7 Å². The van der Waals surface area contributed by atoms with Crippen LogP contribution in [0.15, 0.2) is 18.2 Å². The number of nitrogens with one attached hydrogen (secondary N) is 1. The van der Waals surface area contributed by atoms with Gasteiger partial charge in [-0.2, -0.15) is 0 Å². The highest BCUT2D eigenvalue weighted by Crippen LogP contribution is 2.20. The Hall–Kier alpha value is -0.890. The van der Waals surface area contributed by atoms with Crippen molar-refractivity contribution in [2.75, 3.05) is 7.05 Å². The Morgan fingerprint density at radius 2 is 2.14 bits per heavy atom. The second-order valence-corrected chi connectivity index (χ2v) is 3.58. The first-order valence-electron chi connectivity index (χ1n) is 5.15. The zero-order valence-electron chi connectivity index (χ0n) is 9.10. The third kappa shape index (κ3) is 2.32. The summed E-state index contributed by atoms with van der Waals surface area (Å²) in [6, 6.07) is 5.71. The largest absolute Gasteiger partial charge is 0.313 e. The molecule has 0 spiro atoms. The van der Waals surface area contributed by atoms with Crippen LogP contribution in [0, 0.1) is 5.82 Å². The van der Waals surface area contributed by atoms with Crippen molar-refractivity contribution in [1.29, 1.82) is 0 Å². The lowest BCUT2D eigenvalue weighted by Crippen LogP contribution is -2.14. The summed E-state index contributed by atoms with van der Waals surface area (Å²) in [6.07, 6.45) is 1.80. The Balaban J connectivity index is 3.00. The van der Waals surface area contributed by atoms with Gasteiger partial charge in [0.15, 0.2) is 0 Å². The van der Waals surface area contributed by atoms with Gasteiger partial charge in [-0.3, -0.25) is 0 Å². The molecule has 1 atom stereocenters. The van der Waals surface area contributed by atoms with Gasteiger partial charge in [0.2, 0.25) is 0 Å². The van der Waals surface area contributed by atoms with Gasteiger partial charge in [-0.25, -0.2) is 4.39 Å². The van der Waals surface area contributed by atoms with Crippen molar-refractivity contribution < 1.29 is 4.39 Å². The summed E-state index contributed by atoms with van der Waals surface area (Å²) in [7, 11) is 1.84. The summed E-state index contributed by atoms with van der Waals surface area (Å²) in [5.74, 6) is -0.0452. The van der Waals surface area contributed by atoms with Crippen molar-refractivity contribution in [3.8, 4) is 0 Å². The number of hydrogen-bond acceptors (Lipinski definition) is 1. The average molecular weight is 195 g/mol. The van der Waals surface area contributed by atoms with Gasteiger partial charge in [0, 0.05) is 11.6 Å². The molecule has 1 aromatic rings. The Morgan fingerprint density at radius 1 is 1.43 bits per heavy atom. The predicted octanol–water partition coefficient (Wildman–Crippen LogP) is 3.06. The Kier molecular flexibility index (Phi) is 4.08. The van der Waals surface area contributed by atoms with Crippen molar-refractivity contribution >= 4 is 0 Å². The summed E-state index contributed by atoms with van der Waals surface area (Å²) in [6.45, 7) is 4.03. The molecular weight excluding hydrogens is 177 g/mol. The first-order chi connectivity index (χ1) is 6.70. The molecule has 1 N–H and O–H groups in total. The van der Waals surface area contributed by atoms with Crippen molar-refractivity contribution in [2.24, 2.45) is 0 Å². The minimum absolute atomic E-state index is 0.0452. The smallest absolute Gasteiger partial charge is 0.131 e. The van der Waals surface area contributed by atoms with Gasteiger partial charge in [0.25, 0.3) is 0 Å². The van der Waals surface area contributed by atoms with Gasteiger partial charge >= 0.3 is 0 Å². The molecule has 0 bridgehead atoms. The first kappa shape index (κ1) is 11.2. The molecule has 0 unspecified atom stereocenters. The highest BCUT2D eigenvalue weighted by Gasteiger charge is 2.11. The number of halogens is 1. The van der Waals surface area contributed by atoms with Gasteiger partial charge in [0.05, 0.1) is 0 Å². The molecule has 0 saturated heterocycles. The molecule has 0 aromatic heterocycles. The molecular formula is C12H18FN. The fourth-order valence-electron chi connectivity index (χ4n) is 1.55. The molecule has 1 rings (SSSR count). The molecule has 0 aliphatic carbocycles. The van der Waals surface area contributed by atoms with Gasteiger partial charge in [-0.15, -0.1) is 0 Å². The standard InChI is InChI=1S/C12H18FN/c1-4-6-10-7-5-8-11(12(10)13)9(2)14-3/h5,7-9,14H,4,6H2,1-3H3/t9-/m1/s1. The SMILES string of the molecule is CCCc1cccc([C@@H](C)NC)c1F. The van der Waals surface area contributed by atoms with E-state index in [1.807, 2.05) is 32.2 Å². The van der Waals surface area contributed by atoms with Crippen LogP contribution in [-0.4, -0.2) is 7.05 Å². The van der Waals surface area contributed by atoms with Crippen LogP contribution in [0.2, 0.25) is 0 Å². The molecule has 0 saturated carbocycles. The minimum Gasteiger partial charge on any atom is -0.313 e. The van der Waals surface area contributed by atoms with Crippen molar-refractivity contribution in [1.82, 2.24) is 5.32 Å². The number of hydrogen-bond donors (Lipinski definition) is 1. The second-order valence-electron chi connectivity index (χ2n) is 3.58. The second kappa shape index (κ2) is 5.11. The molecule has 0 aliphatic rings. The number of rotatable bonds is 4. The molecule has 0 heterocycles. The average Bonchev–Trinajstić information content (AvgIpc) is 2.20. The van der Waals surface area contributed by atoms with Crippen molar-refractivity contribution in [3.05, 3.63) is 35.1 Å². The molecule has 1 nitrogen and oxygen atoms in total. The molecule has 1 aromatic carbocycles. The zero-order valence-corrected chi connectivity index (χ0v) is 9.10. The first-order valence-corrected chi connectivity index (χ1v) is 5.15. The molecule has 0 amide bonds. The summed E-state index contributed by atoms with van der Waals surface area (Å²) < 4.78 is 13.9. The normalized spacial score (nSPS) is 12.9. The van der Waals surface area contributed by atoms with E-state index in [0.29, 0.717) is 0 Å². The Bertz CT molecular complexity index is 296. The lowest BCUT2D eigenvalue weighted by atomic mass is 10.0. The molecule has 78 valence electrons. The quantitative estimate of drug-likeness (QED) is 0.778. The lowest BCUT2D eigenvalue weighted by Gasteiger charge is -2.13. The highest BCUT2D eigenvalue weighted by atomic mass is 19.1. The van der Waals surface area contributed by atoms with E-state index in [0.717, 1.165) is 24.0 Å². The van der Waals surface area contributed by atoms with Crippen LogP contribution in [0.1, 0.15) is 37.4 Å². The predicted molar refractivity (Wildman–Crippen MR) is 57.9 cm³/mol. The van der Waals surface area contributed by atoms with Crippen LogP contribution < -0.4 is 5.32 Å². The van der Waals surface area contributed by atoms with Crippen LogP contribution in [0.25, 0.3) is 0 Å². The van der Waals surface area contributed by atoms with Crippen LogP contribution in [0.3, 0.4) is 0 Å². The molecule has 0 aliphatic heterocycles. The summed E-state index contributed by atoms with van der Waals surface area (Å²) in [5, 5.41) is 3.05. The van der Waals surface area contributed by atoms with E-state index in [2.05, 4.69) is 12.2 Å². The third-order valence-corrected chi connectivity index (χ3v) is 2.53. The minimum atomic E-state index is -0.0452. The Morgan fingerprint density at radius 3 is 2.71 bits per heavy atom. The maximum absolute atomic E-state index is 13.9. The van der Waals surface area contributed by atoms with Crippen LogP contribution >= 0.6 is 0 Å². The molecule has 0 radical (unpaired) electrons. The summed E-state index contributed by atoms with van der Waals surface area (Å²) in [4.78, 5) is 0. The van der Waals surface area contributed by atoms with Crippen molar-refractivity contribution in [3.63, 3.8) is 0 Å². The topological polar surface area (TPSA) is 12.0 Å². The fourth-order valence-corrected chi connectivity index (χ4v) is 1.55.